The van der Waals surface area contributed by atoms with Crippen molar-refractivity contribution >= 4 is 23.5 Å². The number of benzene rings is 2. The molecule has 1 aromatic heterocycles. The van der Waals surface area contributed by atoms with Gasteiger partial charge in [0.25, 0.3) is 0 Å². The Morgan fingerprint density at radius 1 is 1.15 bits per heavy atom. The maximum atomic E-state index is 13.0. The summed E-state index contributed by atoms with van der Waals surface area (Å²) in [6, 6.07) is 17.8. The zero-order valence-corrected chi connectivity index (χ0v) is 19.6. The molecule has 3 aromatic rings. The molecule has 1 unspecified atom stereocenters. The van der Waals surface area contributed by atoms with Gasteiger partial charge in [-0.1, -0.05) is 67.6 Å². The lowest BCUT2D eigenvalue weighted by molar-refractivity contribution is -0.116. The van der Waals surface area contributed by atoms with Crippen molar-refractivity contribution in [3.8, 4) is 5.75 Å². The first-order valence-electron chi connectivity index (χ1n) is 11.6. The Hall–Kier alpha value is -3.06. The van der Waals surface area contributed by atoms with Gasteiger partial charge in [-0.15, -0.1) is 5.10 Å². The molecule has 1 atom stereocenters. The van der Waals surface area contributed by atoms with Gasteiger partial charge >= 0.3 is 0 Å². The number of carbonyl (C=O) groups is 1. The molecule has 2 heterocycles. The van der Waals surface area contributed by atoms with Crippen molar-refractivity contribution in [1.82, 2.24) is 14.8 Å². The van der Waals surface area contributed by atoms with Crippen LogP contribution in [0.5, 0.6) is 5.75 Å². The second kappa shape index (κ2) is 9.83. The Kier molecular flexibility index (Phi) is 6.48. The third-order valence-electron chi connectivity index (χ3n) is 6.00. The second-order valence-electron chi connectivity index (χ2n) is 8.41. The molecule has 7 heteroatoms. The zero-order valence-electron chi connectivity index (χ0n) is 18.8. The number of Topliss-reactive ketones (excluding diaryl/α,β-unsaturated/α-hetero) is 1. The third-order valence-corrected chi connectivity index (χ3v) is 6.92. The van der Waals surface area contributed by atoms with Crippen molar-refractivity contribution in [2.45, 2.75) is 56.8 Å². The summed E-state index contributed by atoms with van der Waals surface area (Å²) in [6.07, 6.45) is 4.56. The van der Waals surface area contributed by atoms with E-state index in [1.807, 2.05) is 59.3 Å². The number of ether oxygens (including phenoxy) is 1. The average Bonchev–Trinajstić information content (AvgIpc) is 3.25. The first kappa shape index (κ1) is 21.8. The van der Waals surface area contributed by atoms with E-state index in [-0.39, 0.29) is 11.8 Å². The highest BCUT2D eigenvalue weighted by Crippen LogP contribution is 2.41. The first-order chi connectivity index (χ1) is 16.2. The third kappa shape index (κ3) is 4.69. The topological polar surface area (TPSA) is 69.0 Å². The summed E-state index contributed by atoms with van der Waals surface area (Å²) in [7, 11) is 0. The van der Waals surface area contributed by atoms with Crippen LogP contribution in [0.1, 0.15) is 56.2 Å². The highest BCUT2D eigenvalue weighted by Gasteiger charge is 2.37. The van der Waals surface area contributed by atoms with E-state index in [0.717, 1.165) is 64.7 Å². The van der Waals surface area contributed by atoms with E-state index in [1.165, 1.54) is 0 Å². The van der Waals surface area contributed by atoms with Gasteiger partial charge in [0.05, 0.1) is 0 Å². The molecule has 2 aromatic carbocycles. The van der Waals surface area contributed by atoms with Gasteiger partial charge in [0.2, 0.25) is 11.1 Å². The number of rotatable bonds is 8. The van der Waals surface area contributed by atoms with Crippen molar-refractivity contribution in [1.29, 1.82) is 0 Å². The van der Waals surface area contributed by atoms with E-state index < -0.39 is 0 Å². The van der Waals surface area contributed by atoms with Crippen LogP contribution < -0.4 is 10.1 Å². The lowest BCUT2D eigenvalue weighted by atomic mass is 9.85. The summed E-state index contributed by atoms with van der Waals surface area (Å²) >= 11 is 1.67. The highest BCUT2D eigenvalue weighted by molar-refractivity contribution is 7.99. The number of hydrogen-bond acceptors (Lipinski definition) is 6. The van der Waals surface area contributed by atoms with Gasteiger partial charge < -0.3 is 10.1 Å². The summed E-state index contributed by atoms with van der Waals surface area (Å²) in [5.41, 5.74) is 3.89. The number of thioether (sulfide) groups is 1. The number of allylic oxidation sites excluding steroid dienone is 2. The number of nitrogens with one attached hydrogen (secondary N) is 1. The van der Waals surface area contributed by atoms with Gasteiger partial charge in [-0.25, -0.2) is 4.68 Å². The standard InChI is InChI=1S/C26H28N4O2S/c1-2-3-15-33-26-28-25-27-21-13-8-14-22(31)23(21)24(30(25)29-26)19-11-7-12-20(16-19)32-17-18-9-5-4-6-10-18/h4-7,9-12,16,24H,2-3,8,13-15,17H2,1H3,(H,27,28,29). The fraction of sp³-hybridized carbons (Fsp3) is 0.346. The molecule has 0 radical (unpaired) electrons. The van der Waals surface area contributed by atoms with Crippen LogP contribution in [0, 0.1) is 0 Å². The van der Waals surface area contributed by atoms with Crippen LogP contribution >= 0.6 is 11.8 Å². The minimum atomic E-state index is -0.294. The van der Waals surface area contributed by atoms with E-state index in [4.69, 9.17) is 14.8 Å². The molecule has 1 aliphatic carbocycles. The Labute approximate surface area is 198 Å². The van der Waals surface area contributed by atoms with Gasteiger partial charge in [0, 0.05) is 23.4 Å². The minimum Gasteiger partial charge on any atom is -0.489 e. The molecule has 2 aliphatic rings. The lowest BCUT2D eigenvalue weighted by Crippen LogP contribution is -2.31. The summed E-state index contributed by atoms with van der Waals surface area (Å²) in [5, 5.41) is 8.96. The van der Waals surface area contributed by atoms with Gasteiger partial charge in [-0.2, -0.15) is 4.98 Å². The number of nitrogens with zero attached hydrogens (tertiary/aromatic N) is 3. The molecule has 170 valence electrons. The summed E-state index contributed by atoms with van der Waals surface area (Å²) in [4.78, 5) is 17.8. The average molecular weight is 461 g/mol. The van der Waals surface area contributed by atoms with Crippen molar-refractivity contribution in [3.63, 3.8) is 0 Å². The van der Waals surface area contributed by atoms with Gasteiger partial charge in [-0.3, -0.25) is 4.79 Å². The molecule has 0 saturated heterocycles. The van der Waals surface area contributed by atoms with E-state index in [0.29, 0.717) is 19.0 Å². The lowest BCUT2D eigenvalue weighted by Gasteiger charge is -2.32. The number of ketones is 1. The normalized spacial score (nSPS) is 17.4. The maximum Gasteiger partial charge on any atom is 0.227 e. The quantitative estimate of drug-likeness (QED) is 0.340. The van der Waals surface area contributed by atoms with Crippen LogP contribution in [-0.4, -0.2) is 26.3 Å². The second-order valence-corrected chi connectivity index (χ2v) is 9.47. The maximum absolute atomic E-state index is 13.0. The van der Waals surface area contributed by atoms with Crippen LogP contribution in [0.4, 0.5) is 5.95 Å². The van der Waals surface area contributed by atoms with E-state index in [2.05, 4.69) is 12.2 Å². The van der Waals surface area contributed by atoms with Crippen molar-refractivity contribution in [3.05, 3.63) is 77.0 Å². The van der Waals surface area contributed by atoms with Crippen LogP contribution in [0.25, 0.3) is 0 Å². The Morgan fingerprint density at radius 2 is 2.03 bits per heavy atom. The summed E-state index contributed by atoms with van der Waals surface area (Å²) in [5.74, 6) is 2.66. The van der Waals surface area contributed by atoms with E-state index in [9.17, 15) is 4.79 Å². The number of hydrogen-bond donors (Lipinski definition) is 1. The molecule has 0 saturated carbocycles. The van der Waals surface area contributed by atoms with E-state index >= 15 is 0 Å². The minimum absolute atomic E-state index is 0.186. The first-order valence-corrected chi connectivity index (χ1v) is 12.6. The molecular weight excluding hydrogens is 432 g/mol. The Morgan fingerprint density at radius 3 is 2.88 bits per heavy atom. The molecule has 0 bridgehead atoms. The Balaban J connectivity index is 1.47. The molecule has 5 rings (SSSR count). The fourth-order valence-electron chi connectivity index (χ4n) is 4.33. The van der Waals surface area contributed by atoms with Gasteiger partial charge in [0.15, 0.2) is 5.78 Å². The Bertz CT molecular complexity index is 1170. The molecule has 6 nitrogen and oxygen atoms in total. The van der Waals surface area contributed by atoms with Gasteiger partial charge in [0.1, 0.15) is 18.4 Å². The van der Waals surface area contributed by atoms with E-state index in [1.54, 1.807) is 11.8 Å². The van der Waals surface area contributed by atoms with Crippen LogP contribution in [0.15, 0.2) is 71.0 Å². The van der Waals surface area contributed by atoms with Crippen molar-refractivity contribution < 1.29 is 9.53 Å². The fourth-order valence-corrected chi connectivity index (χ4v) is 5.24. The van der Waals surface area contributed by atoms with Crippen molar-refractivity contribution in [2.75, 3.05) is 11.1 Å². The van der Waals surface area contributed by atoms with Gasteiger partial charge in [-0.05, 0) is 42.5 Å². The monoisotopic (exact) mass is 460 g/mol. The van der Waals surface area contributed by atoms with Crippen LogP contribution in [0.3, 0.4) is 0 Å². The molecule has 1 aliphatic heterocycles. The van der Waals surface area contributed by atoms with Crippen LogP contribution in [-0.2, 0) is 11.4 Å². The number of aromatic nitrogens is 3. The van der Waals surface area contributed by atoms with Crippen LogP contribution in [0.2, 0.25) is 0 Å². The molecule has 1 N–H and O–H groups in total. The predicted molar refractivity (Wildman–Crippen MR) is 131 cm³/mol. The molecule has 0 amide bonds. The number of carbonyl (C=O) groups excluding carboxylic acids is 1. The molecule has 33 heavy (non-hydrogen) atoms. The van der Waals surface area contributed by atoms with Crippen molar-refractivity contribution in [2.24, 2.45) is 0 Å². The molecule has 0 fully saturated rings. The zero-order chi connectivity index (χ0) is 22.6. The molecular formula is C26H28N4O2S. The highest BCUT2D eigenvalue weighted by atomic mass is 32.2. The number of unbranched alkanes of at least 4 members (excludes halogenated alkanes) is 1. The molecule has 0 spiro atoms. The smallest absolute Gasteiger partial charge is 0.227 e. The SMILES string of the molecule is CCCCSc1nc2n(n1)C(c1cccc(OCc3ccccc3)c1)C1=C(CCCC1=O)N2. The summed E-state index contributed by atoms with van der Waals surface area (Å²) < 4.78 is 7.96. The summed E-state index contributed by atoms with van der Waals surface area (Å²) in [6.45, 7) is 2.68. The largest absolute Gasteiger partial charge is 0.489 e. The number of anilines is 1. The predicted octanol–water partition coefficient (Wildman–Crippen LogP) is 5.77. The number of fused-ring (bicyclic) bond motifs is 1.